The quantitative estimate of drug-likeness (QED) is 0.672. The maximum atomic E-state index is 11.9. The summed E-state index contributed by atoms with van der Waals surface area (Å²) in [7, 11) is 1.80. The van der Waals surface area contributed by atoms with Gasteiger partial charge in [-0.05, 0) is 53.5 Å². The smallest absolute Gasteiger partial charge is 0.407 e. The number of hydrogen-bond acceptors (Lipinski definition) is 5. The Balaban J connectivity index is 2.25. The van der Waals surface area contributed by atoms with Crippen LogP contribution in [0.1, 0.15) is 46.5 Å². The molecule has 0 aromatic carbocycles. The molecule has 0 aliphatic heterocycles. The van der Waals surface area contributed by atoms with Crippen LogP contribution in [0.2, 0.25) is 0 Å². The highest BCUT2D eigenvalue weighted by Crippen LogP contribution is 2.19. The Labute approximate surface area is 138 Å². The molecule has 2 amide bonds. The lowest BCUT2D eigenvalue weighted by Gasteiger charge is -2.30. The summed E-state index contributed by atoms with van der Waals surface area (Å²) in [6.45, 7) is 6.34. The van der Waals surface area contributed by atoms with Crippen molar-refractivity contribution < 1.29 is 19.4 Å². The zero-order valence-electron chi connectivity index (χ0n) is 14.7. The first-order valence-corrected chi connectivity index (χ1v) is 8.28. The molecular weight excluding hydrogens is 298 g/mol. The number of ether oxygens (including phenoxy) is 1. The first-order chi connectivity index (χ1) is 10.7. The molecule has 0 heterocycles. The highest BCUT2D eigenvalue weighted by Gasteiger charge is 2.25. The third-order valence-corrected chi connectivity index (χ3v) is 3.71. The van der Waals surface area contributed by atoms with E-state index in [0.29, 0.717) is 6.54 Å². The molecule has 0 bridgehead atoms. The van der Waals surface area contributed by atoms with E-state index < -0.39 is 5.60 Å². The predicted molar refractivity (Wildman–Crippen MR) is 88.1 cm³/mol. The molecule has 7 nitrogen and oxygen atoms in total. The Morgan fingerprint density at radius 1 is 1.13 bits per heavy atom. The molecule has 134 valence electrons. The lowest BCUT2D eigenvalue weighted by Crippen LogP contribution is -2.46. The van der Waals surface area contributed by atoms with Crippen LogP contribution in [0.3, 0.4) is 0 Å². The summed E-state index contributed by atoms with van der Waals surface area (Å²) in [4.78, 5) is 25.4. The molecule has 0 unspecified atom stereocenters. The molecule has 1 fully saturated rings. The van der Waals surface area contributed by atoms with Gasteiger partial charge in [-0.3, -0.25) is 9.69 Å². The molecule has 0 saturated heterocycles. The van der Waals surface area contributed by atoms with Gasteiger partial charge in [-0.15, -0.1) is 0 Å². The van der Waals surface area contributed by atoms with Crippen LogP contribution in [0.5, 0.6) is 0 Å². The number of carbonyl (C=O) groups is 2. The van der Waals surface area contributed by atoms with Crippen LogP contribution < -0.4 is 10.6 Å². The molecule has 3 N–H and O–H groups in total. The van der Waals surface area contributed by atoms with Crippen LogP contribution >= 0.6 is 0 Å². The Morgan fingerprint density at radius 2 is 1.65 bits per heavy atom. The van der Waals surface area contributed by atoms with Crippen LogP contribution in [-0.4, -0.2) is 66.4 Å². The number of carbonyl (C=O) groups excluding carboxylic acids is 2. The van der Waals surface area contributed by atoms with Crippen LogP contribution in [0.4, 0.5) is 4.79 Å². The Bertz CT molecular complexity index is 387. The average molecular weight is 329 g/mol. The largest absolute Gasteiger partial charge is 0.444 e. The Hall–Kier alpha value is -1.34. The standard InChI is InChI=1S/C16H31N3O4/c1-16(2,3)23-15(22)18-13-7-5-12(6-8-13)17-14(21)11-19(4)9-10-20/h12-13,20H,5-11H2,1-4H3,(H,17,21)(H,18,22). The Morgan fingerprint density at radius 3 is 2.13 bits per heavy atom. The van der Waals surface area contributed by atoms with E-state index in [1.54, 1.807) is 11.9 Å². The van der Waals surface area contributed by atoms with Crippen LogP contribution in [0.15, 0.2) is 0 Å². The molecule has 1 aliphatic carbocycles. The van der Waals surface area contributed by atoms with E-state index in [2.05, 4.69) is 10.6 Å². The third kappa shape index (κ3) is 8.76. The van der Waals surface area contributed by atoms with Crippen molar-refractivity contribution in [1.29, 1.82) is 0 Å². The molecule has 0 aromatic rings. The Kier molecular flexibility index (Phi) is 7.78. The maximum absolute atomic E-state index is 11.9. The number of nitrogens with zero attached hydrogens (tertiary/aromatic N) is 1. The second kappa shape index (κ2) is 9.08. The zero-order valence-corrected chi connectivity index (χ0v) is 14.7. The number of amides is 2. The van der Waals surface area contributed by atoms with Crippen molar-refractivity contribution >= 4 is 12.0 Å². The summed E-state index contributed by atoms with van der Waals surface area (Å²) in [5.74, 6) is -0.0236. The summed E-state index contributed by atoms with van der Waals surface area (Å²) in [5.41, 5.74) is -0.490. The predicted octanol–water partition coefficient (Wildman–Crippen LogP) is 0.863. The van der Waals surface area contributed by atoms with Gasteiger partial charge in [0.05, 0.1) is 13.2 Å². The lowest BCUT2D eigenvalue weighted by molar-refractivity contribution is -0.123. The monoisotopic (exact) mass is 329 g/mol. The van der Waals surface area contributed by atoms with E-state index in [4.69, 9.17) is 9.84 Å². The van der Waals surface area contributed by atoms with Crippen molar-refractivity contribution in [2.45, 2.75) is 64.1 Å². The fraction of sp³-hybridized carbons (Fsp3) is 0.875. The highest BCUT2D eigenvalue weighted by atomic mass is 16.6. The van der Waals surface area contributed by atoms with Crippen LogP contribution in [0, 0.1) is 0 Å². The second-order valence-electron chi connectivity index (χ2n) is 7.22. The van der Waals surface area contributed by atoms with Crippen molar-refractivity contribution in [2.24, 2.45) is 0 Å². The van der Waals surface area contributed by atoms with E-state index in [9.17, 15) is 9.59 Å². The number of nitrogens with one attached hydrogen (secondary N) is 2. The number of aliphatic hydroxyl groups excluding tert-OH is 1. The van der Waals surface area contributed by atoms with Crippen molar-refractivity contribution in [3.63, 3.8) is 0 Å². The maximum Gasteiger partial charge on any atom is 0.407 e. The van der Waals surface area contributed by atoms with Gasteiger partial charge in [-0.2, -0.15) is 0 Å². The van der Waals surface area contributed by atoms with Gasteiger partial charge >= 0.3 is 6.09 Å². The third-order valence-electron chi connectivity index (χ3n) is 3.71. The van der Waals surface area contributed by atoms with Gasteiger partial charge in [0.25, 0.3) is 0 Å². The fourth-order valence-electron chi connectivity index (χ4n) is 2.62. The molecule has 1 saturated carbocycles. The lowest BCUT2D eigenvalue weighted by atomic mass is 9.91. The van der Waals surface area contributed by atoms with E-state index in [0.717, 1.165) is 25.7 Å². The summed E-state index contributed by atoms with van der Waals surface area (Å²) < 4.78 is 5.25. The highest BCUT2D eigenvalue weighted by molar-refractivity contribution is 5.78. The second-order valence-corrected chi connectivity index (χ2v) is 7.22. The van der Waals surface area contributed by atoms with Gasteiger partial charge in [0.15, 0.2) is 0 Å². The zero-order chi connectivity index (χ0) is 17.5. The summed E-state index contributed by atoms with van der Waals surface area (Å²) in [5, 5.41) is 14.7. The number of likely N-dealkylation sites (N-methyl/N-ethyl adjacent to an activating group) is 1. The molecule has 0 radical (unpaired) electrons. The van der Waals surface area contributed by atoms with E-state index >= 15 is 0 Å². The topological polar surface area (TPSA) is 90.9 Å². The molecular formula is C16H31N3O4. The van der Waals surface area contributed by atoms with Crippen molar-refractivity contribution in [1.82, 2.24) is 15.5 Å². The minimum atomic E-state index is -0.490. The average Bonchev–Trinajstić information content (AvgIpc) is 2.38. The van der Waals surface area contributed by atoms with Gasteiger partial charge in [0, 0.05) is 18.6 Å². The molecule has 0 spiro atoms. The summed E-state index contributed by atoms with van der Waals surface area (Å²) in [6, 6.07) is 0.261. The van der Waals surface area contributed by atoms with Crippen LogP contribution in [0.25, 0.3) is 0 Å². The van der Waals surface area contributed by atoms with E-state index in [1.807, 2.05) is 20.8 Å². The number of hydrogen-bond donors (Lipinski definition) is 3. The molecule has 1 rings (SSSR count). The summed E-state index contributed by atoms with van der Waals surface area (Å²) in [6.07, 6.45) is 2.97. The summed E-state index contributed by atoms with van der Waals surface area (Å²) >= 11 is 0. The van der Waals surface area contributed by atoms with Gasteiger partial charge in [-0.25, -0.2) is 4.79 Å². The van der Waals surface area contributed by atoms with E-state index in [1.165, 1.54) is 0 Å². The van der Waals surface area contributed by atoms with Gasteiger partial charge in [0.1, 0.15) is 5.60 Å². The van der Waals surface area contributed by atoms with Crippen molar-refractivity contribution in [2.75, 3.05) is 26.7 Å². The van der Waals surface area contributed by atoms with E-state index in [-0.39, 0.29) is 37.2 Å². The number of alkyl carbamates (subject to hydrolysis) is 1. The minimum Gasteiger partial charge on any atom is -0.444 e. The SMILES string of the molecule is CN(CCO)CC(=O)NC1CCC(NC(=O)OC(C)(C)C)CC1. The van der Waals surface area contributed by atoms with Gasteiger partial charge in [0.2, 0.25) is 5.91 Å². The van der Waals surface area contributed by atoms with Crippen molar-refractivity contribution in [3.05, 3.63) is 0 Å². The number of aliphatic hydroxyl groups is 1. The molecule has 0 aromatic heterocycles. The fourth-order valence-corrected chi connectivity index (χ4v) is 2.62. The van der Waals surface area contributed by atoms with Gasteiger partial charge < -0.3 is 20.5 Å². The molecule has 1 aliphatic rings. The molecule has 0 atom stereocenters. The molecule has 23 heavy (non-hydrogen) atoms. The van der Waals surface area contributed by atoms with Crippen molar-refractivity contribution in [3.8, 4) is 0 Å². The first-order valence-electron chi connectivity index (χ1n) is 8.28. The molecule has 7 heteroatoms. The minimum absolute atomic E-state index is 0.0236. The normalized spacial score (nSPS) is 21.8. The first kappa shape index (κ1) is 19.7. The van der Waals surface area contributed by atoms with Gasteiger partial charge in [-0.1, -0.05) is 0 Å². The van der Waals surface area contributed by atoms with Crippen LogP contribution in [-0.2, 0) is 9.53 Å². The number of rotatable bonds is 6.